The predicted octanol–water partition coefficient (Wildman–Crippen LogP) is 2.92. The Kier molecular flexibility index (Phi) is 3.20. The molecule has 0 amide bonds. The van der Waals surface area contributed by atoms with Gasteiger partial charge in [0, 0.05) is 13.5 Å². The molecule has 0 unspecified atom stereocenters. The standard InChI is InChI=1S/C14H20N2O/c1-10-16-12-7-11(5-6-13(12)17-10)8-14(2,3)9-15-4/h5-7,15H,8-9H2,1-4H3. The molecule has 0 aliphatic rings. The summed E-state index contributed by atoms with van der Waals surface area (Å²) >= 11 is 0. The van der Waals surface area contributed by atoms with Gasteiger partial charge in [0.15, 0.2) is 11.5 Å². The lowest BCUT2D eigenvalue weighted by molar-refractivity contribution is 0.350. The summed E-state index contributed by atoms with van der Waals surface area (Å²) in [7, 11) is 1.99. The van der Waals surface area contributed by atoms with Gasteiger partial charge in [-0.3, -0.25) is 0 Å². The molecule has 1 aromatic heterocycles. The van der Waals surface area contributed by atoms with Gasteiger partial charge in [0.2, 0.25) is 0 Å². The first kappa shape index (κ1) is 12.1. The van der Waals surface area contributed by atoms with Crippen molar-refractivity contribution >= 4 is 11.1 Å². The number of aromatic nitrogens is 1. The highest BCUT2D eigenvalue weighted by atomic mass is 16.3. The third-order valence-electron chi connectivity index (χ3n) is 2.90. The van der Waals surface area contributed by atoms with E-state index in [1.54, 1.807) is 0 Å². The lowest BCUT2D eigenvalue weighted by atomic mass is 9.85. The molecule has 0 atom stereocenters. The van der Waals surface area contributed by atoms with E-state index in [2.05, 4.69) is 36.3 Å². The molecule has 0 fully saturated rings. The Morgan fingerprint density at radius 3 is 2.82 bits per heavy atom. The Labute approximate surface area is 102 Å². The Balaban J connectivity index is 2.24. The van der Waals surface area contributed by atoms with Crippen molar-refractivity contribution in [3.8, 4) is 0 Å². The zero-order valence-corrected chi connectivity index (χ0v) is 11.0. The van der Waals surface area contributed by atoms with Crippen LogP contribution in [-0.2, 0) is 6.42 Å². The summed E-state index contributed by atoms with van der Waals surface area (Å²) < 4.78 is 5.48. The van der Waals surface area contributed by atoms with E-state index in [9.17, 15) is 0 Å². The molecule has 3 nitrogen and oxygen atoms in total. The van der Waals surface area contributed by atoms with Gasteiger partial charge in [-0.05, 0) is 36.6 Å². The summed E-state index contributed by atoms with van der Waals surface area (Å²) in [5.74, 6) is 0.728. The molecule has 1 aromatic carbocycles. The summed E-state index contributed by atoms with van der Waals surface area (Å²) in [4.78, 5) is 4.37. The number of aryl methyl sites for hydroxylation is 1. The van der Waals surface area contributed by atoms with Crippen molar-refractivity contribution in [3.05, 3.63) is 29.7 Å². The number of hydrogen-bond acceptors (Lipinski definition) is 3. The second-order valence-electron chi connectivity index (χ2n) is 5.41. The van der Waals surface area contributed by atoms with E-state index in [1.807, 2.05) is 20.0 Å². The average molecular weight is 232 g/mol. The molecule has 0 spiro atoms. The molecule has 2 rings (SSSR count). The molecule has 1 heterocycles. The molecule has 0 radical (unpaired) electrons. The van der Waals surface area contributed by atoms with Crippen LogP contribution < -0.4 is 5.32 Å². The first-order chi connectivity index (χ1) is 8.00. The zero-order chi connectivity index (χ0) is 12.5. The SMILES string of the molecule is CNCC(C)(C)Cc1ccc2oc(C)nc2c1. The van der Waals surface area contributed by atoms with E-state index < -0.39 is 0 Å². The highest BCUT2D eigenvalue weighted by Crippen LogP contribution is 2.24. The van der Waals surface area contributed by atoms with Crippen LogP contribution in [0.25, 0.3) is 11.1 Å². The quantitative estimate of drug-likeness (QED) is 0.880. The average Bonchev–Trinajstić information content (AvgIpc) is 2.56. The number of rotatable bonds is 4. The zero-order valence-electron chi connectivity index (χ0n) is 11.0. The molecule has 2 aromatic rings. The predicted molar refractivity (Wildman–Crippen MR) is 70.2 cm³/mol. The number of nitrogens with one attached hydrogen (secondary N) is 1. The van der Waals surface area contributed by atoms with Gasteiger partial charge in [-0.15, -0.1) is 0 Å². The number of nitrogens with zero attached hydrogens (tertiary/aromatic N) is 1. The van der Waals surface area contributed by atoms with E-state index in [1.165, 1.54) is 5.56 Å². The van der Waals surface area contributed by atoms with Crippen molar-refractivity contribution in [1.82, 2.24) is 10.3 Å². The van der Waals surface area contributed by atoms with Crippen molar-refractivity contribution < 1.29 is 4.42 Å². The highest BCUT2D eigenvalue weighted by Gasteiger charge is 2.17. The molecule has 92 valence electrons. The maximum absolute atomic E-state index is 5.48. The van der Waals surface area contributed by atoms with Crippen LogP contribution in [0.4, 0.5) is 0 Å². The van der Waals surface area contributed by atoms with Gasteiger partial charge in [-0.25, -0.2) is 4.98 Å². The van der Waals surface area contributed by atoms with Gasteiger partial charge in [-0.1, -0.05) is 19.9 Å². The fourth-order valence-corrected chi connectivity index (χ4v) is 2.29. The van der Waals surface area contributed by atoms with Gasteiger partial charge in [0.25, 0.3) is 0 Å². The van der Waals surface area contributed by atoms with Crippen LogP contribution in [0.1, 0.15) is 25.3 Å². The first-order valence-electron chi connectivity index (χ1n) is 6.01. The molecular formula is C14H20N2O. The number of oxazole rings is 1. The lowest BCUT2D eigenvalue weighted by Gasteiger charge is -2.24. The lowest BCUT2D eigenvalue weighted by Crippen LogP contribution is -2.28. The van der Waals surface area contributed by atoms with Gasteiger partial charge >= 0.3 is 0 Å². The van der Waals surface area contributed by atoms with Crippen LogP contribution in [0.5, 0.6) is 0 Å². The molecule has 0 bridgehead atoms. The largest absolute Gasteiger partial charge is 0.441 e. The topological polar surface area (TPSA) is 38.1 Å². The van der Waals surface area contributed by atoms with Crippen LogP contribution in [-0.4, -0.2) is 18.6 Å². The van der Waals surface area contributed by atoms with Crippen molar-refractivity contribution in [2.45, 2.75) is 27.2 Å². The van der Waals surface area contributed by atoms with Crippen LogP contribution in [0.3, 0.4) is 0 Å². The molecule has 0 saturated heterocycles. The molecule has 17 heavy (non-hydrogen) atoms. The van der Waals surface area contributed by atoms with Crippen LogP contribution in [0, 0.1) is 12.3 Å². The van der Waals surface area contributed by atoms with E-state index in [4.69, 9.17) is 4.42 Å². The summed E-state index contributed by atoms with van der Waals surface area (Å²) in [6.07, 6.45) is 1.04. The molecule has 0 saturated carbocycles. The first-order valence-corrected chi connectivity index (χ1v) is 6.01. The minimum Gasteiger partial charge on any atom is -0.441 e. The van der Waals surface area contributed by atoms with Crippen molar-refractivity contribution in [2.75, 3.05) is 13.6 Å². The maximum atomic E-state index is 5.48. The van der Waals surface area contributed by atoms with Crippen molar-refractivity contribution in [1.29, 1.82) is 0 Å². The summed E-state index contributed by atoms with van der Waals surface area (Å²) in [5, 5.41) is 3.24. The Hall–Kier alpha value is -1.35. The van der Waals surface area contributed by atoms with E-state index in [-0.39, 0.29) is 5.41 Å². The molecular weight excluding hydrogens is 212 g/mol. The molecule has 0 aliphatic heterocycles. The van der Waals surface area contributed by atoms with Gasteiger partial charge in [0.05, 0.1) is 0 Å². The second kappa shape index (κ2) is 4.49. The fraction of sp³-hybridized carbons (Fsp3) is 0.500. The van der Waals surface area contributed by atoms with E-state index in [0.717, 1.165) is 30.0 Å². The fourth-order valence-electron chi connectivity index (χ4n) is 2.29. The summed E-state index contributed by atoms with van der Waals surface area (Å²) in [6.45, 7) is 7.41. The number of fused-ring (bicyclic) bond motifs is 1. The van der Waals surface area contributed by atoms with Crippen LogP contribution in [0.15, 0.2) is 22.6 Å². The monoisotopic (exact) mass is 232 g/mol. The smallest absolute Gasteiger partial charge is 0.192 e. The second-order valence-corrected chi connectivity index (χ2v) is 5.41. The van der Waals surface area contributed by atoms with Crippen LogP contribution in [0.2, 0.25) is 0 Å². The minimum atomic E-state index is 0.251. The van der Waals surface area contributed by atoms with Gasteiger partial charge < -0.3 is 9.73 Å². The molecule has 1 N–H and O–H groups in total. The third-order valence-corrected chi connectivity index (χ3v) is 2.90. The Bertz CT molecular complexity index is 514. The Morgan fingerprint density at radius 1 is 1.35 bits per heavy atom. The molecule has 3 heteroatoms. The van der Waals surface area contributed by atoms with E-state index in [0.29, 0.717) is 0 Å². The normalized spacial score (nSPS) is 12.2. The molecule has 0 aliphatic carbocycles. The maximum Gasteiger partial charge on any atom is 0.192 e. The van der Waals surface area contributed by atoms with Crippen LogP contribution >= 0.6 is 0 Å². The highest BCUT2D eigenvalue weighted by molar-refractivity contribution is 5.73. The van der Waals surface area contributed by atoms with Crippen molar-refractivity contribution in [2.24, 2.45) is 5.41 Å². The minimum absolute atomic E-state index is 0.251. The van der Waals surface area contributed by atoms with Gasteiger partial charge in [-0.2, -0.15) is 0 Å². The van der Waals surface area contributed by atoms with Crippen molar-refractivity contribution in [3.63, 3.8) is 0 Å². The Morgan fingerprint density at radius 2 is 2.12 bits per heavy atom. The summed E-state index contributed by atoms with van der Waals surface area (Å²) in [6, 6.07) is 6.27. The number of hydrogen-bond donors (Lipinski definition) is 1. The number of benzene rings is 1. The summed E-state index contributed by atoms with van der Waals surface area (Å²) in [5.41, 5.74) is 3.39. The van der Waals surface area contributed by atoms with E-state index >= 15 is 0 Å². The van der Waals surface area contributed by atoms with Gasteiger partial charge in [0.1, 0.15) is 5.52 Å². The third kappa shape index (κ3) is 2.86.